The zero-order valence-electron chi connectivity index (χ0n) is 15.3. The smallest absolute Gasteiger partial charge is 0.338 e. The quantitative estimate of drug-likeness (QED) is 0.647. The number of hydrogen-bond donors (Lipinski definition) is 3. The van der Waals surface area contributed by atoms with Gasteiger partial charge in [0.15, 0.2) is 0 Å². The summed E-state index contributed by atoms with van der Waals surface area (Å²) >= 11 is 0. The molecule has 0 aliphatic carbocycles. The van der Waals surface area contributed by atoms with Crippen LogP contribution >= 0.6 is 0 Å². The van der Waals surface area contributed by atoms with Crippen LogP contribution < -0.4 is 15.5 Å². The van der Waals surface area contributed by atoms with Crippen molar-refractivity contribution < 1.29 is 28.4 Å². The number of rotatable bonds is 5. The number of carbonyl (C=O) groups is 2. The summed E-state index contributed by atoms with van der Waals surface area (Å²) in [5.74, 6) is 0.0456. The van der Waals surface area contributed by atoms with Gasteiger partial charge in [0, 0.05) is 0 Å². The van der Waals surface area contributed by atoms with Crippen molar-refractivity contribution in [3.63, 3.8) is 0 Å². The molecule has 0 saturated carbocycles. The van der Waals surface area contributed by atoms with E-state index >= 15 is 0 Å². The summed E-state index contributed by atoms with van der Waals surface area (Å²) in [4.78, 5) is 26.1. The van der Waals surface area contributed by atoms with E-state index in [-0.39, 0.29) is 24.8 Å². The van der Waals surface area contributed by atoms with Gasteiger partial charge in [-0.1, -0.05) is 0 Å². The van der Waals surface area contributed by atoms with Crippen LogP contribution in [0.3, 0.4) is 0 Å². The van der Waals surface area contributed by atoms with Crippen molar-refractivity contribution in [2.75, 3.05) is 26.2 Å². The Hall–Kier alpha value is -2.32. The second-order valence-corrected chi connectivity index (χ2v) is 6.75. The minimum absolute atomic E-state index is 0.124. The van der Waals surface area contributed by atoms with Crippen molar-refractivity contribution in [2.45, 2.75) is 39.0 Å². The van der Waals surface area contributed by atoms with E-state index in [0.717, 1.165) is 13.1 Å². The Balaban J connectivity index is 1.93. The molecule has 26 heavy (non-hydrogen) atoms. The molecule has 3 heterocycles. The highest BCUT2D eigenvalue weighted by Gasteiger charge is 2.37. The second-order valence-electron chi connectivity index (χ2n) is 6.75. The number of furan rings is 1. The SMILES string of the molecule is CCOC(=O)C1=C(C[NH+]2C[C@@H](C)O[C@@H](C)C2)NC(=O)N[C@@H]1c1ccco1. The lowest BCUT2D eigenvalue weighted by Crippen LogP contribution is -3.15. The van der Waals surface area contributed by atoms with Crippen molar-refractivity contribution in [2.24, 2.45) is 0 Å². The average molecular weight is 364 g/mol. The molecule has 1 aromatic heterocycles. The molecule has 1 saturated heterocycles. The number of ether oxygens (including phenoxy) is 2. The second kappa shape index (κ2) is 7.92. The van der Waals surface area contributed by atoms with Gasteiger partial charge in [0.05, 0.1) is 24.1 Å². The first-order chi connectivity index (χ1) is 12.5. The molecule has 2 amide bonds. The molecule has 0 spiro atoms. The van der Waals surface area contributed by atoms with Crippen molar-refractivity contribution in [1.82, 2.24) is 10.6 Å². The standard InChI is InChI=1S/C18H25N3O5/c1-4-24-17(22)15-13(10-21-8-11(2)26-12(3)9-21)19-18(23)20-16(15)14-6-5-7-25-14/h5-7,11-12,16H,4,8-10H2,1-3H3,(H2,19,20,23)/p+1/t11-,12+,16-/m1/s1. The number of urea groups is 1. The molecule has 0 aromatic carbocycles. The van der Waals surface area contributed by atoms with Gasteiger partial charge in [-0.3, -0.25) is 0 Å². The number of hydrogen-bond acceptors (Lipinski definition) is 5. The van der Waals surface area contributed by atoms with E-state index < -0.39 is 12.0 Å². The fraction of sp³-hybridized carbons (Fsp3) is 0.556. The molecule has 4 atom stereocenters. The van der Waals surface area contributed by atoms with Crippen LogP contribution in [0, 0.1) is 0 Å². The number of amides is 2. The molecule has 3 N–H and O–H groups in total. The Morgan fingerprint density at radius 1 is 1.35 bits per heavy atom. The van der Waals surface area contributed by atoms with Gasteiger partial charge in [0.2, 0.25) is 0 Å². The first kappa shape index (κ1) is 18.5. The Kier molecular flexibility index (Phi) is 5.63. The first-order valence-corrected chi connectivity index (χ1v) is 8.98. The number of morpholine rings is 1. The van der Waals surface area contributed by atoms with Crippen LogP contribution in [-0.4, -0.2) is 50.4 Å². The lowest BCUT2D eigenvalue weighted by Gasteiger charge is -2.34. The van der Waals surface area contributed by atoms with Gasteiger partial charge >= 0.3 is 12.0 Å². The predicted molar refractivity (Wildman–Crippen MR) is 92.3 cm³/mol. The summed E-state index contributed by atoms with van der Waals surface area (Å²) in [5.41, 5.74) is 0.964. The first-order valence-electron chi connectivity index (χ1n) is 8.98. The third kappa shape index (κ3) is 4.08. The Morgan fingerprint density at radius 2 is 2.08 bits per heavy atom. The Bertz CT molecular complexity index is 675. The molecule has 0 radical (unpaired) electrons. The third-order valence-corrected chi connectivity index (χ3v) is 4.52. The predicted octanol–water partition coefficient (Wildman–Crippen LogP) is 0.143. The van der Waals surface area contributed by atoms with Gasteiger partial charge in [0.25, 0.3) is 0 Å². The molecular formula is C18H26N3O5+. The van der Waals surface area contributed by atoms with Crippen LogP contribution in [0.4, 0.5) is 4.79 Å². The summed E-state index contributed by atoms with van der Waals surface area (Å²) in [6.45, 7) is 8.19. The number of esters is 1. The Labute approximate surface area is 152 Å². The van der Waals surface area contributed by atoms with Crippen LogP contribution in [0.15, 0.2) is 34.1 Å². The zero-order valence-corrected chi connectivity index (χ0v) is 15.3. The third-order valence-electron chi connectivity index (χ3n) is 4.52. The molecule has 0 bridgehead atoms. The van der Waals surface area contributed by atoms with E-state index in [4.69, 9.17) is 13.9 Å². The molecule has 1 fully saturated rings. The molecule has 1 aromatic rings. The molecule has 8 heteroatoms. The highest BCUT2D eigenvalue weighted by molar-refractivity contribution is 5.95. The largest absolute Gasteiger partial charge is 0.467 e. The van der Waals surface area contributed by atoms with Crippen LogP contribution in [0.25, 0.3) is 0 Å². The van der Waals surface area contributed by atoms with Crippen molar-refractivity contribution >= 4 is 12.0 Å². The molecule has 3 rings (SSSR count). The number of quaternary nitrogens is 1. The van der Waals surface area contributed by atoms with Crippen molar-refractivity contribution in [1.29, 1.82) is 0 Å². The van der Waals surface area contributed by atoms with Gasteiger partial charge in [-0.15, -0.1) is 0 Å². The van der Waals surface area contributed by atoms with E-state index in [1.54, 1.807) is 19.1 Å². The molecule has 142 valence electrons. The van der Waals surface area contributed by atoms with E-state index in [1.807, 2.05) is 13.8 Å². The summed E-state index contributed by atoms with van der Waals surface area (Å²) in [7, 11) is 0. The van der Waals surface area contributed by atoms with Crippen LogP contribution in [-0.2, 0) is 14.3 Å². The van der Waals surface area contributed by atoms with Gasteiger partial charge in [-0.05, 0) is 32.9 Å². The van der Waals surface area contributed by atoms with Gasteiger partial charge in [0.1, 0.15) is 43.6 Å². The molecule has 1 unspecified atom stereocenters. The van der Waals surface area contributed by atoms with E-state index in [2.05, 4.69) is 10.6 Å². The number of nitrogens with one attached hydrogen (secondary N) is 3. The minimum Gasteiger partial charge on any atom is -0.467 e. The zero-order chi connectivity index (χ0) is 18.7. The topological polar surface area (TPSA) is 94.2 Å². The minimum atomic E-state index is -0.664. The lowest BCUT2D eigenvalue weighted by molar-refractivity contribution is -0.910. The average Bonchev–Trinajstić information content (AvgIpc) is 3.07. The van der Waals surface area contributed by atoms with E-state index in [9.17, 15) is 9.59 Å². The normalized spacial score (nSPS) is 29.1. The fourth-order valence-corrected chi connectivity index (χ4v) is 3.66. The fourth-order valence-electron chi connectivity index (χ4n) is 3.66. The van der Waals surface area contributed by atoms with E-state index in [1.165, 1.54) is 11.2 Å². The van der Waals surface area contributed by atoms with Crippen LogP contribution in [0.1, 0.15) is 32.6 Å². The van der Waals surface area contributed by atoms with E-state index in [0.29, 0.717) is 23.6 Å². The Morgan fingerprint density at radius 3 is 2.69 bits per heavy atom. The maximum Gasteiger partial charge on any atom is 0.338 e. The summed E-state index contributed by atoms with van der Waals surface area (Å²) in [6, 6.07) is 2.44. The maximum absolute atomic E-state index is 12.6. The highest BCUT2D eigenvalue weighted by Crippen LogP contribution is 2.27. The van der Waals surface area contributed by atoms with Crippen LogP contribution in [0.5, 0.6) is 0 Å². The summed E-state index contributed by atoms with van der Waals surface area (Å²) in [6.07, 6.45) is 1.76. The van der Waals surface area contributed by atoms with Gasteiger partial charge in [-0.25, -0.2) is 9.59 Å². The molecular weight excluding hydrogens is 338 g/mol. The maximum atomic E-state index is 12.6. The molecule has 2 aliphatic rings. The van der Waals surface area contributed by atoms with Crippen molar-refractivity contribution in [3.05, 3.63) is 35.4 Å². The van der Waals surface area contributed by atoms with Crippen molar-refractivity contribution in [3.8, 4) is 0 Å². The molecule has 2 aliphatic heterocycles. The van der Waals surface area contributed by atoms with Crippen LogP contribution in [0.2, 0.25) is 0 Å². The lowest BCUT2D eigenvalue weighted by atomic mass is 9.99. The van der Waals surface area contributed by atoms with Gasteiger partial charge in [-0.2, -0.15) is 0 Å². The summed E-state index contributed by atoms with van der Waals surface area (Å²) < 4.78 is 16.5. The summed E-state index contributed by atoms with van der Waals surface area (Å²) in [5, 5.41) is 5.56. The van der Waals surface area contributed by atoms with Gasteiger partial charge < -0.3 is 29.4 Å². The highest BCUT2D eigenvalue weighted by atomic mass is 16.5. The monoisotopic (exact) mass is 364 g/mol. The number of carbonyl (C=O) groups excluding carboxylic acids is 2. The molecule has 8 nitrogen and oxygen atoms in total.